The lowest BCUT2D eigenvalue weighted by molar-refractivity contribution is -0.733. The van der Waals surface area contributed by atoms with E-state index in [1.54, 1.807) is 18.9 Å². The number of carbonyl (C=O) groups is 3. The summed E-state index contributed by atoms with van der Waals surface area (Å²) in [6, 6.07) is 7.43. The highest BCUT2D eigenvalue weighted by atomic mass is 32.2. The summed E-state index contributed by atoms with van der Waals surface area (Å²) < 4.78 is 5.07. The minimum Gasteiger partial charge on any atom is -0.385 e. The molecule has 0 bridgehead atoms. The fraction of sp³-hybridized carbons (Fsp3) is 0.550. The number of para-hydroxylation sites is 1. The van der Waals surface area contributed by atoms with Gasteiger partial charge in [-0.2, -0.15) is 11.8 Å². The van der Waals surface area contributed by atoms with E-state index in [0.29, 0.717) is 19.6 Å². The molecule has 0 aromatic heterocycles. The van der Waals surface area contributed by atoms with Crippen molar-refractivity contribution in [1.29, 1.82) is 0 Å². The molecule has 3 amide bonds. The molecule has 150 valence electrons. The van der Waals surface area contributed by atoms with Crippen molar-refractivity contribution >= 4 is 35.2 Å². The van der Waals surface area contributed by atoms with E-state index in [9.17, 15) is 14.4 Å². The maximum atomic E-state index is 13.4. The number of hydrogen-bond donors (Lipinski definition) is 2. The Labute approximate surface area is 168 Å². The monoisotopic (exact) mass is 404 g/mol. The Hall–Kier alpha value is -1.90. The molecule has 3 heterocycles. The Balaban J connectivity index is 1.75. The second-order valence-electron chi connectivity index (χ2n) is 7.66. The highest BCUT2D eigenvalue weighted by Gasteiger charge is 2.73. The Morgan fingerprint density at radius 1 is 1.25 bits per heavy atom. The summed E-state index contributed by atoms with van der Waals surface area (Å²) in [7, 11) is 1.60. The predicted octanol–water partition coefficient (Wildman–Crippen LogP) is 0.170. The van der Waals surface area contributed by atoms with Gasteiger partial charge in [0.1, 0.15) is 17.9 Å². The van der Waals surface area contributed by atoms with Crippen LogP contribution < -0.4 is 10.6 Å². The standard InChI is InChI=1S/C20H25N3O4S/c1-27-10-5-9-23-17(24)15-14(8-11-28-2)22-20(16(15)18(23)25)12-6-3-4-7-13(12)21-19(20)26/h3-4,6-7,14-16,22H,5,8-11H2,1-2H3,(H,21,26)/p+1/t14-,15-,16+,20+/m1/s1. The van der Waals surface area contributed by atoms with Crippen LogP contribution in [0.15, 0.2) is 24.3 Å². The first-order valence-corrected chi connectivity index (χ1v) is 11.1. The van der Waals surface area contributed by atoms with E-state index in [0.717, 1.165) is 23.4 Å². The van der Waals surface area contributed by atoms with Crippen LogP contribution in [0.2, 0.25) is 0 Å². The number of ether oxygens (including phenoxy) is 1. The third-order valence-corrected chi connectivity index (χ3v) is 6.90. The molecule has 28 heavy (non-hydrogen) atoms. The molecule has 0 radical (unpaired) electrons. The molecule has 3 aliphatic heterocycles. The fourth-order valence-corrected chi connectivity index (χ4v) is 5.59. The number of nitrogens with zero attached hydrogens (tertiary/aromatic N) is 1. The Morgan fingerprint density at radius 3 is 2.79 bits per heavy atom. The van der Waals surface area contributed by atoms with Gasteiger partial charge in [0, 0.05) is 32.2 Å². The summed E-state index contributed by atoms with van der Waals surface area (Å²) in [5.41, 5.74) is 0.514. The topological polar surface area (TPSA) is 92.3 Å². The number of rotatable bonds is 7. The average Bonchev–Trinajstić information content (AvgIpc) is 3.27. The van der Waals surface area contributed by atoms with Gasteiger partial charge in [0.2, 0.25) is 17.4 Å². The minimum atomic E-state index is -1.05. The zero-order chi connectivity index (χ0) is 19.9. The van der Waals surface area contributed by atoms with Crippen LogP contribution in [-0.4, -0.2) is 60.9 Å². The van der Waals surface area contributed by atoms with Gasteiger partial charge in [-0.25, -0.2) is 0 Å². The number of benzene rings is 1. The largest absolute Gasteiger partial charge is 0.385 e. The van der Waals surface area contributed by atoms with Crippen molar-refractivity contribution in [2.45, 2.75) is 24.4 Å². The number of fused-ring (bicyclic) bond motifs is 4. The second-order valence-corrected chi connectivity index (χ2v) is 8.64. The number of carbonyl (C=O) groups excluding carboxylic acids is 3. The molecule has 8 heteroatoms. The molecule has 7 nitrogen and oxygen atoms in total. The third kappa shape index (κ3) is 2.69. The van der Waals surface area contributed by atoms with Crippen LogP contribution in [0.3, 0.4) is 0 Å². The third-order valence-electron chi connectivity index (χ3n) is 6.25. The smallest absolute Gasteiger partial charge is 0.291 e. The normalized spacial score (nSPS) is 30.9. The molecular formula is C20H26N3O4S+. The summed E-state index contributed by atoms with van der Waals surface area (Å²) >= 11 is 1.71. The van der Waals surface area contributed by atoms with Gasteiger partial charge in [-0.15, -0.1) is 0 Å². The summed E-state index contributed by atoms with van der Waals surface area (Å²) in [4.78, 5) is 41.2. The van der Waals surface area contributed by atoms with Gasteiger partial charge in [-0.3, -0.25) is 19.3 Å². The molecule has 1 aromatic rings. The van der Waals surface area contributed by atoms with Crippen LogP contribution in [0.5, 0.6) is 0 Å². The van der Waals surface area contributed by atoms with E-state index < -0.39 is 17.4 Å². The quantitative estimate of drug-likeness (QED) is 0.499. The molecule has 4 atom stereocenters. The van der Waals surface area contributed by atoms with Crippen LogP contribution in [0.1, 0.15) is 18.4 Å². The van der Waals surface area contributed by atoms with Gasteiger partial charge in [0.25, 0.3) is 5.91 Å². The van der Waals surface area contributed by atoms with E-state index in [1.807, 2.05) is 35.8 Å². The number of likely N-dealkylation sites (tertiary alicyclic amines) is 1. The van der Waals surface area contributed by atoms with Gasteiger partial charge >= 0.3 is 0 Å². The number of imide groups is 1. The van der Waals surface area contributed by atoms with Crippen LogP contribution in [0.4, 0.5) is 5.69 Å². The number of nitrogens with two attached hydrogens (primary N) is 1. The molecule has 3 aliphatic rings. The van der Waals surface area contributed by atoms with Crippen molar-refractivity contribution < 1.29 is 24.4 Å². The SMILES string of the molecule is COCCCN1C(=O)[C@H]2[C@@H](C1=O)[C@]1([NH2+][C@@H]2CCSC)C(=O)Nc2ccccc21. The summed E-state index contributed by atoms with van der Waals surface area (Å²) in [5.74, 6) is -0.773. The number of methoxy groups -OCH3 is 1. The van der Waals surface area contributed by atoms with Crippen molar-refractivity contribution in [3.05, 3.63) is 29.8 Å². The average molecular weight is 405 g/mol. The van der Waals surface area contributed by atoms with Crippen LogP contribution in [-0.2, 0) is 24.7 Å². The van der Waals surface area contributed by atoms with E-state index in [1.165, 1.54) is 4.90 Å². The number of amides is 3. The number of anilines is 1. The Kier molecular flexibility index (Phi) is 5.20. The second kappa shape index (κ2) is 7.50. The maximum absolute atomic E-state index is 13.4. The lowest BCUT2D eigenvalue weighted by atomic mass is 9.76. The minimum absolute atomic E-state index is 0.0850. The van der Waals surface area contributed by atoms with Crippen molar-refractivity contribution in [1.82, 2.24) is 4.90 Å². The van der Waals surface area contributed by atoms with E-state index in [4.69, 9.17) is 4.74 Å². The Morgan fingerprint density at radius 2 is 2.04 bits per heavy atom. The molecular weight excluding hydrogens is 378 g/mol. The summed E-state index contributed by atoms with van der Waals surface area (Å²) in [6.45, 7) is 0.829. The van der Waals surface area contributed by atoms with Gasteiger partial charge in [-0.1, -0.05) is 18.2 Å². The lowest BCUT2D eigenvalue weighted by Gasteiger charge is -2.26. The molecule has 4 rings (SSSR count). The van der Waals surface area contributed by atoms with Gasteiger partial charge in [0.05, 0.1) is 5.69 Å². The number of hydrogen-bond acceptors (Lipinski definition) is 5. The van der Waals surface area contributed by atoms with E-state index >= 15 is 0 Å². The first-order chi connectivity index (χ1) is 13.6. The molecule has 2 saturated heterocycles. The van der Waals surface area contributed by atoms with Crippen molar-refractivity contribution in [2.75, 3.05) is 37.6 Å². The fourth-order valence-electron chi connectivity index (χ4n) is 5.09. The van der Waals surface area contributed by atoms with Gasteiger partial charge in [0.15, 0.2) is 0 Å². The van der Waals surface area contributed by atoms with Crippen molar-refractivity contribution in [3.8, 4) is 0 Å². The van der Waals surface area contributed by atoms with Crippen LogP contribution in [0.25, 0.3) is 0 Å². The predicted molar refractivity (Wildman–Crippen MR) is 106 cm³/mol. The van der Waals surface area contributed by atoms with Gasteiger partial charge in [-0.05, 0) is 24.5 Å². The van der Waals surface area contributed by atoms with Gasteiger partial charge < -0.3 is 15.4 Å². The molecule has 0 unspecified atom stereocenters. The summed E-state index contributed by atoms with van der Waals surface area (Å²) in [6.07, 6.45) is 3.41. The van der Waals surface area contributed by atoms with Crippen LogP contribution >= 0.6 is 11.8 Å². The number of quaternary nitrogens is 1. The van der Waals surface area contributed by atoms with E-state index in [2.05, 4.69) is 5.32 Å². The molecule has 3 N–H and O–H groups in total. The highest BCUT2D eigenvalue weighted by molar-refractivity contribution is 7.98. The molecule has 2 fully saturated rings. The molecule has 0 aliphatic carbocycles. The summed E-state index contributed by atoms with van der Waals surface area (Å²) in [5, 5.41) is 4.95. The molecule has 0 saturated carbocycles. The molecule has 1 aromatic carbocycles. The Bertz CT molecular complexity index is 816. The first kappa shape index (κ1) is 19.4. The lowest BCUT2D eigenvalue weighted by Crippen LogP contribution is -2.99. The van der Waals surface area contributed by atoms with Crippen molar-refractivity contribution in [3.63, 3.8) is 0 Å². The zero-order valence-electron chi connectivity index (χ0n) is 16.1. The zero-order valence-corrected chi connectivity index (χ0v) is 17.0. The van der Waals surface area contributed by atoms with Crippen LogP contribution in [0, 0.1) is 11.8 Å². The maximum Gasteiger partial charge on any atom is 0.291 e. The first-order valence-electron chi connectivity index (χ1n) is 9.66. The molecule has 1 spiro atoms. The van der Waals surface area contributed by atoms with E-state index in [-0.39, 0.29) is 23.8 Å². The highest BCUT2D eigenvalue weighted by Crippen LogP contribution is 2.49. The number of thioether (sulfide) groups is 1. The number of nitrogens with one attached hydrogen (secondary N) is 1. The van der Waals surface area contributed by atoms with Crippen molar-refractivity contribution in [2.24, 2.45) is 11.8 Å².